The van der Waals surface area contributed by atoms with Crippen molar-refractivity contribution in [1.82, 2.24) is 10.3 Å². The first-order valence-electron chi connectivity index (χ1n) is 6.43. The van der Waals surface area contributed by atoms with Gasteiger partial charge >= 0.3 is 5.97 Å². The summed E-state index contributed by atoms with van der Waals surface area (Å²) in [6.45, 7) is 1.73. The van der Waals surface area contributed by atoms with Crippen LogP contribution in [0.15, 0.2) is 30.3 Å². The fraction of sp³-hybridized carbons (Fsp3) is 0.267. The molecule has 2 rings (SSSR count). The first-order valence-corrected chi connectivity index (χ1v) is 6.81. The summed E-state index contributed by atoms with van der Waals surface area (Å²) in [5.41, 5.74) is 0.928. The molecule has 6 heteroatoms. The van der Waals surface area contributed by atoms with Gasteiger partial charge in [0.25, 0.3) is 5.91 Å². The van der Waals surface area contributed by atoms with E-state index in [1.165, 1.54) is 7.11 Å². The summed E-state index contributed by atoms with van der Waals surface area (Å²) in [4.78, 5) is 27.5. The van der Waals surface area contributed by atoms with E-state index in [1.54, 1.807) is 31.2 Å². The molecule has 1 aromatic carbocycles. The highest BCUT2D eigenvalue weighted by Gasteiger charge is 2.14. The van der Waals surface area contributed by atoms with Crippen molar-refractivity contribution >= 4 is 34.4 Å². The van der Waals surface area contributed by atoms with Crippen molar-refractivity contribution in [2.75, 3.05) is 7.11 Å². The van der Waals surface area contributed by atoms with Gasteiger partial charge in [-0.15, -0.1) is 0 Å². The average Bonchev–Trinajstić information content (AvgIpc) is 2.45. The van der Waals surface area contributed by atoms with Gasteiger partial charge in [0.05, 0.1) is 19.0 Å². The normalized spacial score (nSPS) is 12.0. The molecule has 0 fully saturated rings. The largest absolute Gasteiger partial charge is 0.469 e. The first-order chi connectivity index (χ1) is 9.99. The van der Waals surface area contributed by atoms with Crippen LogP contribution in [0, 0.1) is 0 Å². The molecule has 1 heterocycles. The van der Waals surface area contributed by atoms with Gasteiger partial charge in [0.1, 0.15) is 5.69 Å². The predicted octanol–water partition coefficient (Wildman–Crippen LogP) is 2.57. The minimum Gasteiger partial charge on any atom is -0.469 e. The molecule has 0 saturated heterocycles. The van der Waals surface area contributed by atoms with Crippen LogP contribution in [0.3, 0.4) is 0 Å². The van der Waals surface area contributed by atoms with Gasteiger partial charge < -0.3 is 10.1 Å². The molecule has 0 aliphatic rings. The molecular formula is C15H15ClN2O3. The SMILES string of the molecule is COC(=O)C[C@H](C)NC(=O)c1ccc2ccc(Cl)cc2n1. The van der Waals surface area contributed by atoms with Crippen LogP contribution >= 0.6 is 11.6 Å². The Hall–Kier alpha value is -2.14. The molecule has 110 valence electrons. The molecule has 1 atom stereocenters. The van der Waals surface area contributed by atoms with Crippen molar-refractivity contribution in [3.63, 3.8) is 0 Å². The number of aromatic nitrogens is 1. The minimum absolute atomic E-state index is 0.113. The maximum atomic E-state index is 12.1. The number of hydrogen-bond acceptors (Lipinski definition) is 4. The number of fused-ring (bicyclic) bond motifs is 1. The van der Waals surface area contributed by atoms with E-state index >= 15 is 0 Å². The number of ether oxygens (including phenoxy) is 1. The van der Waals surface area contributed by atoms with Gasteiger partial charge in [0.15, 0.2) is 0 Å². The molecule has 1 amide bonds. The topological polar surface area (TPSA) is 68.3 Å². The second-order valence-corrected chi connectivity index (χ2v) is 5.12. The van der Waals surface area contributed by atoms with Crippen LogP contribution in [0.2, 0.25) is 5.02 Å². The standard InChI is InChI=1S/C15H15ClN2O3/c1-9(7-14(19)21-2)17-15(20)12-6-4-10-3-5-11(16)8-13(10)18-12/h3-6,8-9H,7H2,1-2H3,(H,17,20)/t9-/m0/s1. The Morgan fingerprint density at radius 2 is 2.05 bits per heavy atom. The fourth-order valence-electron chi connectivity index (χ4n) is 1.90. The Morgan fingerprint density at radius 1 is 1.33 bits per heavy atom. The number of halogens is 1. The third-order valence-electron chi connectivity index (χ3n) is 2.96. The molecule has 1 N–H and O–H groups in total. The Kier molecular flexibility index (Phi) is 4.75. The molecule has 2 aromatic rings. The molecule has 1 aromatic heterocycles. The molecular weight excluding hydrogens is 292 g/mol. The number of rotatable bonds is 4. The maximum Gasteiger partial charge on any atom is 0.307 e. The van der Waals surface area contributed by atoms with E-state index in [0.717, 1.165) is 5.39 Å². The van der Waals surface area contributed by atoms with Crippen molar-refractivity contribution in [1.29, 1.82) is 0 Å². The van der Waals surface area contributed by atoms with Crippen LogP contribution in [-0.2, 0) is 9.53 Å². The zero-order valence-electron chi connectivity index (χ0n) is 11.7. The van der Waals surface area contributed by atoms with Crippen molar-refractivity contribution in [3.05, 3.63) is 41.0 Å². The summed E-state index contributed by atoms with van der Waals surface area (Å²) in [6.07, 6.45) is 0.113. The smallest absolute Gasteiger partial charge is 0.307 e. The van der Waals surface area contributed by atoms with Crippen molar-refractivity contribution in [3.8, 4) is 0 Å². The molecule has 0 spiro atoms. The van der Waals surface area contributed by atoms with Gasteiger partial charge in [-0.25, -0.2) is 4.98 Å². The lowest BCUT2D eigenvalue weighted by Gasteiger charge is -2.12. The number of carbonyl (C=O) groups is 2. The number of hydrogen-bond donors (Lipinski definition) is 1. The summed E-state index contributed by atoms with van der Waals surface area (Å²) in [5, 5.41) is 4.17. The lowest BCUT2D eigenvalue weighted by atomic mass is 10.2. The summed E-state index contributed by atoms with van der Waals surface area (Å²) in [7, 11) is 1.31. The highest BCUT2D eigenvalue weighted by atomic mass is 35.5. The summed E-state index contributed by atoms with van der Waals surface area (Å²) in [5.74, 6) is -0.714. The van der Waals surface area contributed by atoms with E-state index in [2.05, 4.69) is 15.0 Å². The maximum absolute atomic E-state index is 12.1. The van der Waals surface area contributed by atoms with E-state index in [-0.39, 0.29) is 30.0 Å². The number of carbonyl (C=O) groups excluding carboxylic acids is 2. The van der Waals surface area contributed by atoms with Crippen molar-refractivity contribution in [2.24, 2.45) is 0 Å². The van der Waals surface area contributed by atoms with Gasteiger partial charge in [-0.1, -0.05) is 23.7 Å². The zero-order valence-corrected chi connectivity index (χ0v) is 12.5. The van der Waals surface area contributed by atoms with E-state index in [9.17, 15) is 9.59 Å². The van der Waals surface area contributed by atoms with Crippen LogP contribution in [0.4, 0.5) is 0 Å². The quantitative estimate of drug-likeness (QED) is 0.882. The van der Waals surface area contributed by atoms with Crippen LogP contribution in [0.5, 0.6) is 0 Å². The highest BCUT2D eigenvalue weighted by Crippen LogP contribution is 2.18. The van der Waals surface area contributed by atoms with Crippen molar-refractivity contribution < 1.29 is 14.3 Å². The third-order valence-corrected chi connectivity index (χ3v) is 3.20. The Morgan fingerprint density at radius 3 is 2.76 bits per heavy atom. The van der Waals surface area contributed by atoms with Crippen LogP contribution < -0.4 is 5.32 Å². The first kappa shape index (κ1) is 15.3. The molecule has 0 radical (unpaired) electrons. The Labute approximate surface area is 127 Å². The van der Waals surface area contributed by atoms with Crippen LogP contribution in [-0.4, -0.2) is 30.0 Å². The molecule has 0 bridgehead atoms. The lowest BCUT2D eigenvalue weighted by Crippen LogP contribution is -2.34. The van der Waals surface area contributed by atoms with E-state index in [1.807, 2.05) is 6.07 Å². The Bertz CT molecular complexity index is 688. The molecule has 21 heavy (non-hydrogen) atoms. The number of nitrogens with one attached hydrogen (secondary N) is 1. The van der Waals surface area contributed by atoms with Gasteiger partial charge in [-0.05, 0) is 25.1 Å². The monoisotopic (exact) mass is 306 g/mol. The van der Waals surface area contributed by atoms with Crippen molar-refractivity contribution in [2.45, 2.75) is 19.4 Å². The summed E-state index contributed by atoms with van der Waals surface area (Å²) >= 11 is 5.92. The number of nitrogens with zero attached hydrogens (tertiary/aromatic N) is 1. The van der Waals surface area contributed by atoms with Gasteiger partial charge in [-0.2, -0.15) is 0 Å². The van der Waals surface area contributed by atoms with Crippen LogP contribution in [0.1, 0.15) is 23.8 Å². The minimum atomic E-state index is -0.374. The fourth-order valence-corrected chi connectivity index (χ4v) is 2.07. The zero-order chi connectivity index (χ0) is 15.4. The molecule has 0 unspecified atom stereocenters. The van der Waals surface area contributed by atoms with Gasteiger partial charge in [0, 0.05) is 16.5 Å². The van der Waals surface area contributed by atoms with Gasteiger partial charge in [-0.3, -0.25) is 9.59 Å². The molecule has 0 aliphatic heterocycles. The average molecular weight is 307 g/mol. The second kappa shape index (κ2) is 6.54. The summed E-state index contributed by atoms with van der Waals surface area (Å²) in [6, 6.07) is 8.41. The van der Waals surface area contributed by atoms with Gasteiger partial charge in [0.2, 0.25) is 0 Å². The Balaban J connectivity index is 2.14. The molecule has 0 saturated carbocycles. The number of benzene rings is 1. The third kappa shape index (κ3) is 3.92. The predicted molar refractivity (Wildman–Crippen MR) is 80.3 cm³/mol. The van der Waals surface area contributed by atoms with E-state index in [4.69, 9.17) is 11.6 Å². The summed E-state index contributed by atoms with van der Waals surface area (Å²) < 4.78 is 4.56. The number of esters is 1. The number of methoxy groups -OCH3 is 1. The molecule has 0 aliphatic carbocycles. The molecule has 5 nitrogen and oxygen atoms in total. The number of pyridine rings is 1. The van der Waals surface area contributed by atoms with Crippen LogP contribution in [0.25, 0.3) is 10.9 Å². The number of amides is 1. The second-order valence-electron chi connectivity index (χ2n) is 4.69. The highest BCUT2D eigenvalue weighted by molar-refractivity contribution is 6.31. The van der Waals surface area contributed by atoms with E-state index in [0.29, 0.717) is 10.5 Å². The lowest BCUT2D eigenvalue weighted by molar-refractivity contribution is -0.141. The van der Waals surface area contributed by atoms with E-state index < -0.39 is 0 Å².